The molecule has 0 aromatic heterocycles. The summed E-state index contributed by atoms with van der Waals surface area (Å²) in [4.78, 5) is 10.4. The van der Waals surface area contributed by atoms with Crippen molar-refractivity contribution in [2.45, 2.75) is 33.8 Å². The monoisotopic (exact) mass is 253 g/mol. The molecule has 0 saturated heterocycles. The van der Waals surface area contributed by atoms with Gasteiger partial charge in [0.1, 0.15) is 0 Å². The van der Waals surface area contributed by atoms with Crippen LogP contribution in [0.5, 0.6) is 5.75 Å². The number of nitrogens with zero attached hydrogens (tertiary/aromatic N) is 1. The van der Waals surface area contributed by atoms with Crippen LogP contribution in [0, 0.1) is 15.5 Å². The second-order valence-electron chi connectivity index (χ2n) is 5.38. The van der Waals surface area contributed by atoms with Gasteiger partial charge in [0.05, 0.1) is 18.1 Å². The topological polar surface area (TPSA) is 72.6 Å². The van der Waals surface area contributed by atoms with Crippen LogP contribution in [0.25, 0.3) is 0 Å². The SMILES string of the molecule is CC(C)(C)CCOc1ccc(CO)cc1[N+](=O)[O-]. The third-order valence-corrected chi connectivity index (χ3v) is 2.51. The molecular formula is C13H19NO4. The van der Waals surface area contributed by atoms with Gasteiger partial charge in [-0.25, -0.2) is 0 Å². The third kappa shape index (κ3) is 4.33. The molecule has 0 aliphatic heterocycles. The highest BCUT2D eigenvalue weighted by Crippen LogP contribution is 2.29. The maximum Gasteiger partial charge on any atom is 0.311 e. The highest BCUT2D eigenvalue weighted by atomic mass is 16.6. The highest BCUT2D eigenvalue weighted by molar-refractivity contribution is 5.48. The van der Waals surface area contributed by atoms with Crippen molar-refractivity contribution < 1.29 is 14.8 Å². The van der Waals surface area contributed by atoms with E-state index in [1.54, 1.807) is 6.07 Å². The van der Waals surface area contributed by atoms with Gasteiger partial charge in [0.2, 0.25) is 0 Å². The van der Waals surface area contributed by atoms with Crippen molar-refractivity contribution in [1.29, 1.82) is 0 Å². The van der Waals surface area contributed by atoms with Crippen molar-refractivity contribution in [3.05, 3.63) is 33.9 Å². The minimum absolute atomic E-state index is 0.101. The fraction of sp³-hybridized carbons (Fsp3) is 0.538. The molecule has 1 N–H and O–H groups in total. The van der Waals surface area contributed by atoms with Gasteiger partial charge in [-0.3, -0.25) is 10.1 Å². The van der Waals surface area contributed by atoms with Gasteiger partial charge in [0, 0.05) is 6.07 Å². The van der Waals surface area contributed by atoms with E-state index in [2.05, 4.69) is 20.8 Å². The van der Waals surface area contributed by atoms with Gasteiger partial charge < -0.3 is 9.84 Å². The molecule has 1 aromatic rings. The molecule has 0 aliphatic carbocycles. The quantitative estimate of drug-likeness (QED) is 0.646. The summed E-state index contributed by atoms with van der Waals surface area (Å²) in [6, 6.07) is 4.50. The maximum atomic E-state index is 10.9. The number of benzene rings is 1. The minimum atomic E-state index is -0.494. The number of rotatable bonds is 5. The highest BCUT2D eigenvalue weighted by Gasteiger charge is 2.17. The molecule has 0 radical (unpaired) electrons. The van der Waals surface area contributed by atoms with Crippen LogP contribution in [0.2, 0.25) is 0 Å². The van der Waals surface area contributed by atoms with Crippen LogP contribution < -0.4 is 4.74 Å². The first-order chi connectivity index (χ1) is 8.33. The van der Waals surface area contributed by atoms with Crippen LogP contribution >= 0.6 is 0 Å². The number of nitro benzene ring substituents is 1. The second-order valence-corrected chi connectivity index (χ2v) is 5.38. The summed E-state index contributed by atoms with van der Waals surface area (Å²) < 4.78 is 5.45. The molecule has 0 aliphatic rings. The molecule has 5 nitrogen and oxygen atoms in total. The molecule has 0 saturated carbocycles. The number of aliphatic hydroxyl groups is 1. The van der Waals surface area contributed by atoms with Gasteiger partial charge in [0.15, 0.2) is 5.75 Å². The van der Waals surface area contributed by atoms with E-state index in [9.17, 15) is 10.1 Å². The van der Waals surface area contributed by atoms with Gasteiger partial charge in [-0.05, 0) is 23.5 Å². The largest absolute Gasteiger partial charge is 0.487 e. The van der Waals surface area contributed by atoms with Crippen molar-refractivity contribution >= 4 is 5.69 Å². The van der Waals surface area contributed by atoms with Gasteiger partial charge >= 0.3 is 5.69 Å². The average Bonchev–Trinajstić information content (AvgIpc) is 2.27. The van der Waals surface area contributed by atoms with E-state index in [1.165, 1.54) is 12.1 Å². The molecule has 100 valence electrons. The summed E-state index contributed by atoms with van der Waals surface area (Å²) >= 11 is 0. The van der Waals surface area contributed by atoms with Crippen LogP contribution in [0.15, 0.2) is 18.2 Å². The van der Waals surface area contributed by atoms with Gasteiger partial charge in [-0.15, -0.1) is 0 Å². The molecule has 0 fully saturated rings. The molecule has 1 aromatic carbocycles. The molecular weight excluding hydrogens is 234 g/mol. The van der Waals surface area contributed by atoms with E-state index in [0.717, 1.165) is 6.42 Å². The van der Waals surface area contributed by atoms with Crippen molar-refractivity contribution in [3.63, 3.8) is 0 Å². The molecule has 18 heavy (non-hydrogen) atoms. The van der Waals surface area contributed by atoms with Gasteiger partial charge in [-0.2, -0.15) is 0 Å². The lowest BCUT2D eigenvalue weighted by Crippen LogP contribution is -2.11. The lowest BCUT2D eigenvalue weighted by molar-refractivity contribution is -0.386. The van der Waals surface area contributed by atoms with Crippen molar-refractivity contribution in [2.75, 3.05) is 6.61 Å². The standard InChI is InChI=1S/C13H19NO4/c1-13(2,3)6-7-18-12-5-4-10(9-15)8-11(12)14(16)17/h4-5,8,15H,6-7,9H2,1-3H3. The summed E-state index contributed by atoms with van der Waals surface area (Å²) in [5, 5.41) is 19.8. The first kappa shape index (κ1) is 14.4. The van der Waals surface area contributed by atoms with E-state index >= 15 is 0 Å². The van der Waals surface area contributed by atoms with Crippen LogP contribution in [-0.2, 0) is 6.61 Å². The summed E-state index contributed by atoms with van der Waals surface area (Å²) in [7, 11) is 0. The Balaban J connectivity index is 2.79. The summed E-state index contributed by atoms with van der Waals surface area (Å²) in [5.74, 6) is 0.251. The fourth-order valence-corrected chi connectivity index (χ4v) is 1.39. The van der Waals surface area contributed by atoms with E-state index in [4.69, 9.17) is 9.84 Å². The zero-order valence-electron chi connectivity index (χ0n) is 11.0. The Morgan fingerprint density at radius 2 is 2.06 bits per heavy atom. The fourth-order valence-electron chi connectivity index (χ4n) is 1.39. The van der Waals surface area contributed by atoms with Crippen LogP contribution in [-0.4, -0.2) is 16.6 Å². The Labute approximate surface area is 107 Å². The Morgan fingerprint density at radius 3 is 2.56 bits per heavy atom. The Bertz CT molecular complexity index is 423. The van der Waals surface area contributed by atoms with Gasteiger partial charge in [-0.1, -0.05) is 26.8 Å². The normalized spacial score (nSPS) is 11.3. The molecule has 0 unspecified atom stereocenters. The van der Waals surface area contributed by atoms with Crippen LogP contribution in [0.4, 0.5) is 5.69 Å². The van der Waals surface area contributed by atoms with E-state index in [-0.39, 0.29) is 23.5 Å². The summed E-state index contributed by atoms with van der Waals surface area (Å²) in [6.45, 7) is 6.46. The second kappa shape index (κ2) is 5.82. The zero-order chi connectivity index (χ0) is 13.8. The molecule has 1 rings (SSSR count). The lowest BCUT2D eigenvalue weighted by Gasteiger charge is -2.18. The molecule has 5 heteroatoms. The van der Waals surface area contributed by atoms with Crippen molar-refractivity contribution in [3.8, 4) is 5.75 Å². The molecule has 0 atom stereocenters. The average molecular weight is 253 g/mol. The maximum absolute atomic E-state index is 10.9. The molecule has 0 heterocycles. The number of aliphatic hydroxyl groups excluding tert-OH is 1. The Hall–Kier alpha value is -1.62. The van der Waals surface area contributed by atoms with E-state index in [0.29, 0.717) is 12.2 Å². The zero-order valence-corrected chi connectivity index (χ0v) is 11.0. The predicted octanol–water partition coefficient (Wildman–Crippen LogP) is 2.90. The summed E-state index contributed by atoms with van der Waals surface area (Å²) in [5.41, 5.74) is 0.528. The molecule has 0 amide bonds. The van der Waals surface area contributed by atoms with Crippen molar-refractivity contribution in [1.82, 2.24) is 0 Å². The van der Waals surface area contributed by atoms with Gasteiger partial charge in [0.25, 0.3) is 0 Å². The van der Waals surface area contributed by atoms with Crippen molar-refractivity contribution in [2.24, 2.45) is 5.41 Å². The minimum Gasteiger partial charge on any atom is -0.487 e. The van der Waals surface area contributed by atoms with E-state index in [1.807, 2.05) is 0 Å². The van der Waals surface area contributed by atoms with Crippen LogP contribution in [0.1, 0.15) is 32.8 Å². The number of hydrogen-bond donors (Lipinski definition) is 1. The van der Waals surface area contributed by atoms with Crippen LogP contribution in [0.3, 0.4) is 0 Å². The smallest absolute Gasteiger partial charge is 0.311 e. The number of hydrogen-bond acceptors (Lipinski definition) is 4. The Morgan fingerprint density at radius 1 is 1.39 bits per heavy atom. The first-order valence-corrected chi connectivity index (χ1v) is 5.84. The van der Waals surface area contributed by atoms with E-state index < -0.39 is 4.92 Å². The first-order valence-electron chi connectivity index (χ1n) is 5.84. The Kier molecular flexibility index (Phi) is 4.67. The number of ether oxygens (including phenoxy) is 1. The molecule has 0 spiro atoms. The summed E-state index contributed by atoms with van der Waals surface area (Å²) in [6.07, 6.45) is 0.811. The predicted molar refractivity (Wildman–Crippen MR) is 68.6 cm³/mol. The lowest BCUT2D eigenvalue weighted by atomic mass is 9.93. The third-order valence-electron chi connectivity index (χ3n) is 2.51. The number of nitro groups is 1. The molecule has 0 bridgehead atoms.